The van der Waals surface area contributed by atoms with E-state index < -0.39 is 10.1 Å². The standard InChI is InChI=1S/C20H17NO6S/c22-28(23,17-9-10-18-19(14-17)25-13-3-12-24-18)27-16-7-5-15(6-8-16)26-20-4-1-2-11-21-20/h1-2,4-11,14H,3,12-13H2. The SMILES string of the molecule is O=S(=O)(Oc1ccc(Oc2ccccn2)cc1)c1ccc2c(c1)OCCCO2. The third-order valence-corrected chi connectivity index (χ3v) is 5.14. The van der Waals surface area contributed by atoms with Crippen LogP contribution in [0, 0.1) is 0 Å². The zero-order chi connectivity index (χ0) is 19.4. The Balaban J connectivity index is 1.49. The quantitative estimate of drug-likeness (QED) is 0.603. The molecule has 0 atom stereocenters. The molecule has 0 aliphatic carbocycles. The Morgan fingerprint density at radius 1 is 0.857 bits per heavy atom. The molecule has 144 valence electrons. The van der Waals surface area contributed by atoms with Crippen LogP contribution < -0.4 is 18.4 Å². The van der Waals surface area contributed by atoms with Gasteiger partial charge in [-0.3, -0.25) is 0 Å². The minimum atomic E-state index is -4.02. The topological polar surface area (TPSA) is 84.0 Å². The van der Waals surface area contributed by atoms with Gasteiger partial charge in [-0.1, -0.05) is 6.07 Å². The van der Waals surface area contributed by atoms with Crippen LogP contribution >= 0.6 is 0 Å². The van der Waals surface area contributed by atoms with E-state index in [1.807, 2.05) is 6.07 Å². The van der Waals surface area contributed by atoms with Gasteiger partial charge in [0.25, 0.3) is 0 Å². The second-order valence-corrected chi connectivity index (χ2v) is 7.48. The summed E-state index contributed by atoms with van der Waals surface area (Å²) in [6.07, 6.45) is 2.36. The highest BCUT2D eigenvalue weighted by atomic mass is 32.2. The molecule has 0 bridgehead atoms. The molecule has 7 nitrogen and oxygen atoms in total. The van der Waals surface area contributed by atoms with Gasteiger partial charge >= 0.3 is 10.1 Å². The van der Waals surface area contributed by atoms with Gasteiger partial charge in [0.2, 0.25) is 5.88 Å². The van der Waals surface area contributed by atoms with E-state index in [1.54, 1.807) is 36.5 Å². The highest BCUT2D eigenvalue weighted by Gasteiger charge is 2.21. The van der Waals surface area contributed by atoms with Crippen molar-refractivity contribution >= 4 is 10.1 Å². The Morgan fingerprint density at radius 3 is 2.36 bits per heavy atom. The first-order chi connectivity index (χ1) is 13.6. The Morgan fingerprint density at radius 2 is 1.61 bits per heavy atom. The second-order valence-electron chi connectivity index (χ2n) is 5.94. The maximum atomic E-state index is 12.6. The zero-order valence-corrected chi connectivity index (χ0v) is 15.6. The van der Waals surface area contributed by atoms with Gasteiger partial charge in [0.15, 0.2) is 11.5 Å². The molecule has 2 heterocycles. The van der Waals surface area contributed by atoms with Crippen LogP contribution in [-0.2, 0) is 10.1 Å². The van der Waals surface area contributed by atoms with Crippen molar-refractivity contribution in [3.8, 4) is 28.9 Å². The third kappa shape index (κ3) is 4.17. The van der Waals surface area contributed by atoms with Gasteiger partial charge < -0.3 is 18.4 Å². The average Bonchev–Trinajstić information content (AvgIpc) is 2.95. The lowest BCUT2D eigenvalue weighted by molar-refractivity contribution is 0.296. The van der Waals surface area contributed by atoms with E-state index in [9.17, 15) is 8.42 Å². The average molecular weight is 399 g/mol. The van der Waals surface area contributed by atoms with Gasteiger partial charge in [-0.2, -0.15) is 8.42 Å². The fourth-order valence-corrected chi connectivity index (χ4v) is 3.51. The smallest absolute Gasteiger partial charge is 0.339 e. The number of pyridine rings is 1. The Labute approximate surface area is 162 Å². The molecular formula is C20H17NO6S. The molecule has 0 radical (unpaired) electrons. The van der Waals surface area contributed by atoms with E-state index >= 15 is 0 Å². The first-order valence-corrected chi connectivity index (χ1v) is 10.0. The summed E-state index contributed by atoms with van der Waals surface area (Å²) in [6, 6.07) is 16.0. The lowest BCUT2D eigenvalue weighted by Crippen LogP contribution is -2.10. The highest BCUT2D eigenvalue weighted by Crippen LogP contribution is 2.33. The van der Waals surface area contributed by atoms with E-state index in [0.29, 0.717) is 36.3 Å². The molecule has 0 unspecified atom stereocenters. The monoisotopic (exact) mass is 399 g/mol. The van der Waals surface area contributed by atoms with Crippen molar-refractivity contribution in [3.63, 3.8) is 0 Å². The van der Waals surface area contributed by atoms with Gasteiger partial charge in [-0.15, -0.1) is 0 Å². The Hall–Kier alpha value is -3.26. The van der Waals surface area contributed by atoms with Crippen LogP contribution in [-0.4, -0.2) is 26.6 Å². The Kier molecular flexibility index (Phi) is 5.03. The van der Waals surface area contributed by atoms with Crippen LogP contribution in [0.4, 0.5) is 0 Å². The van der Waals surface area contributed by atoms with Crippen molar-refractivity contribution in [1.82, 2.24) is 4.98 Å². The number of hydrogen-bond donors (Lipinski definition) is 0. The van der Waals surface area contributed by atoms with Crippen LogP contribution in [0.1, 0.15) is 6.42 Å². The number of fused-ring (bicyclic) bond motifs is 1. The van der Waals surface area contributed by atoms with E-state index in [4.69, 9.17) is 18.4 Å². The van der Waals surface area contributed by atoms with E-state index in [1.165, 1.54) is 24.3 Å². The number of aromatic nitrogens is 1. The summed E-state index contributed by atoms with van der Waals surface area (Å²) in [4.78, 5) is 4.06. The molecule has 3 aromatic rings. The molecule has 1 aliphatic rings. The predicted molar refractivity (Wildman–Crippen MR) is 101 cm³/mol. The van der Waals surface area contributed by atoms with Crippen LogP contribution in [0.25, 0.3) is 0 Å². The van der Waals surface area contributed by atoms with Gasteiger partial charge in [0.05, 0.1) is 13.2 Å². The minimum absolute atomic E-state index is 0.00874. The first-order valence-electron chi connectivity index (χ1n) is 8.63. The summed E-state index contributed by atoms with van der Waals surface area (Å²) in [5.41, 5.74) is 0. The molecule has 0 spiro atoms. The van der Waals surface area contributed by atoms with Crippen LogP contribution in [0.5, 0.6) is 28.9 Å². The summed E-state index contributed by atoms with van der Waals surface area (Å²) < 4.78 is 47.0. The van der Waals surface area contributed by atoms with E-state index in [2.05, 4.69) is 4.98 Å². The van der Waals surface area contributed by atoms with E-state index in [-0.39, 0.29) is 10.6 Å². The molecule has 0 fully saturated rings. The summed E-state index contributed by atoms with van der Waals surface area (Å²) in [5, 5.41) is 0. The third-order valence-electron chi connectivity index (χ3n) is 3.90. The summed E-state index contributed by atoms with van der Waals surface area (Å²) in [7, 11) is -4.02. The van der Waals surface area contributed by atoms with Crippen molar-refractivity contribution in [3.05, 3.63) is 66.9 Å². The molecule has 28 heavy (non-hydrogen) atoms. The Bertz CT molecular complexity index is 1050. The molecule has 1 aliphatic heterocycles. The molecule has 2 aromatic carbocycles. The zero-order valence-electron chi connectivity index (χ0n) is 14.8. The number of hydrogen-bond acceptors (Lipinski definition) is 7. The molecule has 0 amide bonds. The largest absolute Gasteiger partial charge is 0.490 e. The minimum Gasteiger partial charge on any atom is -0.490 e. The number of rotatable bonds is 5. The van der Waals surface area contributed by atoms with Crippen molar-refractivity contribution in [2.24, 2.45) is 0 Å². The van der Waals surface area contributed by atoms with Gasteiger partial charge in [-0.05, 0) is 42.5 Å². The highest BCUT2D eigenvalue weighted by molar-refractivity contribution is 7.87. The predicted octanol–water partition coefficient (Wildman–Crippen LogP) is 3.80. The van der Waals surface area contributed by atoms with Crippen LogP contribution in [0.3, 0.4) is 0 Å². The summed E-state index contributed by atoms with van der Waals surface area (Å²) in [5.74, 6) is 2.03. The maximum Gasteiger partial charge on any atom is 0.339 e. The number of nitrogens with zero attached hydrogens (tertiary/aromatic N) is 1. The van der Waals surface area contributed by atoms with Crippen LogP contribution in [0.2, 0.25) is 0 Å². The number of ether oxygens (including phenoxy) is 3. The summed E-state index contributed by atoms with van der Waals surface area (Å²) in [6.45, 7) is 0.998. The van der Waals surface area contributed by atoms with Crippen molar-refractivity contribution < 1.29 is 26.8 Å². The van der Waals surface area contributed by atoms with Crippen LogP contribution in [0.15, 0.2) is 71.8 Å². The maximum absolute atomic E-state index is 12.6. The first kappa shape index (κ1) is 18.1. The molecule has 8 heteroatoms. The van der Waals surface area contributed by atoms with Crippen molar-refractivity contribution in [1.29, 1.82) is 0 Å². The number of benzene rings is 2. The normalized spacial score (nSPS) is 13.4. The fourth-order valence-electron chi connectivity index (χ4n) is 2.57. The molecule has 1 aromatic heterocycles. The molecule has 0 N–H and O–H groups in total. The van der Waals surface area contributed by atoms with Gasteiger partial charge in [0.1, 0.15) is 16.4 Å². The van der Waals surface area contributed by atoms with E-state index in [0.717, 1.165) is 6.42 Å². The molecule has 0 saturated heterocycles. The summed E-state index contributed by atoms with van der Waals surface area (Å²) >= 11 is 0. The van der Waals surface area contributed by atoms with Crippen molar-refractivity contribution in [2.75, 3.05) is 13.2 Å². The van der Waals surface area contributed by atoms with Crippen molar-refractivity contribution in [2.45, 2.75) is 11.3 Å². The molecule has 0 saturated carbocycles. The second kappa shape index (κ2) is 7.77. The molecular weight excluding hydrogens is 382 g/mol. The lowest BCUT2D eigenvalue weighted by Gasteiger charge is -2.11. The lowest BCUT2D eigenvalue weighted by atomic mass is 10.3. The van der Waals surface area contributed by atoms with Gasteiger partial charge in [0, 0.05) is 24.8 Å². The molecule has 4 rings (SSSR count). The van der Waals surface area contributed by atoms with Gasteiger partial charge in [-0.25, -0.2) is 4.98 Å². The fraction of sp³-hybridized carbons (Fsp3) is 0.150.